The molecule has 2 aromatic carbocycles. The summed E-state index contributed by atoms with van der Waals surface area (Å²) in [4.78, 5) is 33.2. The van der Waals surface area contributed by atoms with Gasteiger partial charge in [-0.3, -0.25) is 9.59 Å². The summed E-state index contributed by atoms with van der Waals surface area (Å²) in [6.45, 7) is 0.905. The molecule has 0 radical (unpaired) electrons. The third-order valence-corrected chi connectivity index (χ3v) is 7.26. The number of fused-ring (bicyclic) bond motifs is 1. The molecular formula is C26H21ClFN3O2S. The first-order chi connectivity index (χ1) is 16.5. The number of nitrogens with zero attached hydrogens (tertiary/aromatic N) is 2. The minimum absolute atomic E-state index is 0.0782. The molecular weight excluding hydrogens is 473 g/mol. The number of pyridine rings is 1. The number of amides is 2. The van der Waals surface area contributed by atoms with E-state index in [1.54, 1.807) is 23.1 Å². The molecule has 0 aliphatic carbocycles. The highest BCUT2D eigenvalue weighted by Gasteiger charge is 2.27. The minimum Gasteiger partial charge on any atom is -0.349 e. The molecule has 5 nitrogen and oxygen atoms in total. The Bertz CT molecular complexity index is 1380. The molecule has 8 heteroatoms. The van der Waals surface area contributed by atoms with Crippen molar-refractivity contribution in [3.05, 3.63) is 88.0 Å². The van der Waals surface area contributed by atoms with E-state index in [1.165, 1.54) is 23.5 Å². The van der Waals surface area contributed by atoms with Crippen molar-refractivity contribution in [2.45, 2.75) is 18.9 Å². The summed E-state index contributed by atoms with van der Waals surface area (Å²) >= 11 is 7.52. The van der Waals surface area contributed by atoms with E-state index in [1.807, 2.05) is 36.4 Å². The van der Waals surface area contributed by atoms with Gasteiger partial charge in [-0.25, -0.2) is 9.37 Å². The molecule has 1 saturated heterocycles. The molecule has 1 fully saturated rings. The number of nitrogens with one attached hydrogen (secondary N) is 1. The summed E-state index contributed by atoms with van der Waals surface area (Å²) in [6.07, 6.45) is 1.20. The lowest BCUT2D eigenvalue weighted by atomic mass is 10.0. The molecule has 1 aliphatic heterocycles. The van der Waals surface area contributed by atoms with Crippen LogP contribution in [0.15, 0.2) is 66.7 Å². The molecule has 4 aromatic rings. The third-order valence-electron chi connectivity index (χ3n) is 6.01. The average molecular weight is 494 g/mol. The van der Waals surface area contributed by atoms with Gasteiger partial charge in [-0.05, 0) is 49.2 Å². The number of carbonyl (C=O) groups is 2. The quantitative estimate of drug-likeness (QED) is 0.391. The predicted octanol–water partition coefficient (Wildman–Crippen LogP) is 5.79. The molecule has 5 rings (SSSR count). The van der Waals surface area contributed by atoms with E-state index in [2.05, 4.69) is 5.32 Å². The number of halogens is 2. The number of para-hydroxylation sites is 1. The van der Waals surface area contributed by atoms with Crippen molar-refractivity contribution in [2.24, 2.45) is 0 Å². The van der Waals surface area contributed by atoms with Crippen molar-refractivity contribution in [1.82, 2.24) is 15.2 Å². The number of rotatable bonds is 4. The number of piperidine rings is 1. The molecule has 0 unspecified atom stereocenters. The summed E-state index contributed by atoms with van der Waals surface area (Å²) in [5.74, 6) is -1.01. The average Bonchev–Trinajstić information content (AvgIpc) is 3.30. The summed E-state index contributed by atoms with van der Waals surface area (Å²) in [5, 5.41) is 3.90. The maximum Gasteiger partial charge on any atom is 0.256 e. The summed E-state index contributed by atoms with van der Waals surface area (Å²) in [5.41, 5.74) is 2.07. The Labute approximate surface area is 205 Å². The number of thiophene rings is 1. The van der Waals surface area contributed by atoms with Crippen LogP contribution in [-0.4, -0.2) is 40.8 Å². The van der Waals surface area contributed by atoms with E-state index in [0.29, 0.717) is 41.5 Å². The largest absolute Gasteiger partial charge is 0.349 e. The van der Waals surface area contributed by atoms with Gasteiger partial charge in [0.05, 0.1) is 31.6 Å². The summed E-state index contributed by atoms with van der Waals surface area (Å²) in [6, 6.07) is 19.0. The molecule has 0 spiro atoms. The molecule has 2 amide bonds. The van der Waals surface area contributed by atoms with Crippen LogP contribution in [0.25, 0.3) is 21.5 Å². The number of carbonyl (C=O) groups excluding carboxylic acids is 2. The van der Waals surface area contributed by atoms with Gasteiger partial charge in [0, 0.05) is 24.5 Å². The second kappa shape index (κ2) is 9.52. The van der Waals surface area contributed by atoms with Gasteiger partial charge >= 0.3 is 0 Å². The second-order valence-corrected chi connectivity index (χ2v) is 9.91. The van der Waals surface area contributed by atoms with Crippen LogP contribution in [0, 0.1) is 5.82 Å². The number of likely N-dealkylation sites (tertiary alicyclic amines) is 1. The molecule has 2 aromatic heterocycles. The Morgan fingerprint density at radius 2 is 1.74 bits per heavy atom. The fraction of sp³-hybridized carbons (Fsp3) is 0.192. The highest BCUT2D eigenvalue weighted by atomic mass is 35.5. The van der Waals surface area contributed by atoms with E-state index in [9.17, 15) is 14.0 Å². The Kier molecular flexibility index (Phi) is 6.30. The third kappa shape index (κ3) is 4.54. The second-order valence-electron chi connectivity index (χ2n) is 8.20. The van der Waals surface area contributed by atoms with Crippen molar-refractivity contribution in [1.29, 1.82) is 0 Å². The van der Waals surface area contributed by atoms with Crippen LogP contribution in [-0.2, 0) is 0 Å². The standard InChI is InChI=1S/C26H21ClFN3O2S/c27-24-10-9-23(34-24)22-15-19(17-5-2-4-8-21(17)30-22)25(32)29-16-11-13-31(14-12-16)26(33)18-6-1-3-7-20(18)28/h1-10,15-16H,11-14H2,(H,29,32). The number of benzene rings is 2. The molecule has 0 atom stereocenters. The van der Waals surface area contributed by atoms with Gasteiger partial charge in [0.25, 0.3) is 11.8 Å². The zero-order chi connectivity index (χ0) is 23.7. The molecule has 34 heavy (non-hydrogen) atoms. The maximum absolute atomic E-state index is 14.0. The Balaban J connectivity index is 1.32. The maximum atomic E-state index is 14.0. The first-order valence-electron chi connectivity index (χ1n) is 11.0. The van der Waals surface area contributed by atoms with Gasteiger partial charge < -0.3 is 10.2 Å². The van der Waals surface area contributed by atoms with Gasteiger partial charge in [-0.15, -0.1) is 11.3 Å². The van der Waals surface area contributed by atoms with Gasteiger partial charge in [0.2, 0.25) is 0 Å². The molecule has 1 aliphatic rings. The molecule has 0 bridgehead atoms. The molecule has 3 heterocycles. The fourth-order valence-electron chi connectivity index (χ4n) is 4.24. The predicted molar refractivity (Wildman–Crippen MR) is 133 cm³/mol. The molecule has 172 valence electrons. The van der Waals surface area contributed by atoms with Crippen LogP contribution in [0.3, 0.4) is 0 Å². The van der Waals surface area contributed by atoms with Crippen LogP contribution in [0.2, 0.25) is 4.34 Å². The van der Waals surface area contributed by atoms with Crippen molar-refractivity contribution in [3.63, 3.8) is 0 Å². The highest BCUT2D eigenvalue weighted by molar-refractivity contribution is 7.19. The van der Waals surface area contributed by atoms with Gasteiger partial charge in [-0.1, -0.05) is 41.9 Å². The normalized spacial score (nSPS) is 14.4. The zero-order valence-electron chi connectivity index (χ0n) is 18.1. The minimum atomic E-state index is -0.518. The summed E-state index contributed by atoms with van der Waals surface area (Å²) in [7, 11) is 0. The van der Waals surface area contributed by atoms with Crippen LogP contribution in [0.5, 0.6) is 0 Å². The Morgan fingerprint density at radius 1 is 1.00 bits per heavy atom. The van der Waals surface area contributed by atoms with E-state index in [-0.39, 0.29) is 23.4 Å². The lowest BCUT2D eigenvalue weighted by Gasteiger charge is -2.32. The van der Waals surface area contributed by atoms with E-state index in [0.717, 1.165) is 15.8 Å². The van der Waals surface area contributed by atoms with Crippen LogP contribution in [0.4, 0.5) is 4.39 Å². The fourth-order valence-corrected chi connectivity index (χ4v) is 5.24. The number of aromatic nitrogens is 1. The lowest BCUT2D eigenvalue weighted by Crippen LogP contribution is -2.46. The highest BCUT2D eigenvalue weighted by Crippen LogP contribution is 2.32. The van der Waals surface area contributed by atoms with Crippen LogP contribution in [0.1, 0.15) is 33.6 Å². The lowest BCUT2D eigenvalue weighted by molar-refractivity contribution is 0.0694. The Morgan fingerprint density at radius 3 is 2.47 bits per heavy atom. The van der Waals surface area contributed by atoms with E-state index >= 15 is 0 Å². The topological polar surface area (TPSA) is 62.3 Å². The zero-order valence-corrected chi connectivity index (χ0v) is 19.7. The SMILES string of the molecule is O=C(NC1CCN(C(=O)c2ccccc2F)CC1)c1cc(-c2ccc(Cl)s2)nc2ccccc12. The number of hydrogen-bond acceptors (Lipinski definition) is 4. The van der Waals surface area contributed by atoms with Crippen molar-refractivity contribution in [3.8, 4) is 10.6 Å². The first kappa shape index (κ1) is 22.5. The summed E-state index contributed by atoms with van der Waals surface area (Å²) < 4.78 is 14.7. The van der Waals surface area contributed by atoms with Crippen LogP contribution >= 0.6 is 22.9 Å². The van der Waals surface area contributed by atoms with Crippen molar-refractivity contribution >= 4 is 45.7 Å². The Hall–Kier alpha value is -3.29. The van der Waals surface area contributed by atoms with Crippen molar-refractivity contribution < 1.29 is 14.0 Å². The molecule has 0 saturated carbocycles. The van der Waals surface area contributed by atoms with E-state index in [4.69, 9.17) is 16.6 Å². The van der Waals surface area contributed by atoms with Gasteiger partial charge in [0.1, 0.15) is 5.82 Å². The van der Waals surface area contributed by atoms with Crippen molar-refractivity contribution in [2.75, 3.05) is 13.1 Å². The van der Waals surface area contributed by atoms with Crippen LogP contribution < -0.4 is 5.32 Å². The number of hydrogen-bond donors (Lipinski definition) is 1. The van der Waals surface area contributed by atoms with Gasteiger partial charge in [0.15, 0.2) is 0 Å². The monoisotopic (exact) mass is 493 g/mol. The van der Waals surface area contributed by atoms with Gasteiger partial charge in [-0.2, -0.15) is 0 Å². The smallest absolute Gasteiger partial charge is 0.256 e. The first-order valence-corrected chi connectivity index (χ1v) is 12.2. The van der Waals surface area contributed by atoms with E-state index < -0.39 is 5.82 Å². The molecule has 1 N–H and O–H groups in total.